The van der Waals surface area contributed by atoms with E-state index in [2.05, 4.69) is 71.1 Å². The molecule has 5 rings (SSSR count). The molecule has 0 aliphatic carbocycles. The maximum Gasteiger partial charge on any atom is 0.240 e. The van der Waals surface area contributed by atoms with Crippen LogP contribution in [0.1, 0.15) is 65.3 Å². The molecule has 0 saturated heterocycles. The van der Waals surface area contributed by atoms with Crippen molar-refractivity contribution in [3.8, 4) is 5.69 Å². The normalized spacial score (nSPS) is 15.6. The van der Waals surface area contributed by atoms with Crippen LogP contribution in [0.15, 0.2) is 65.3 Å². The van der Waals surface area contributed by atoms with Gasteiger partial charge < -0.3 is 9.73 Å². The van der Waals surface area contributed by atoms with Crippen molar-refractivity contribution in [3.05, 3.63) is 100 Å². The topological polar surface area (TPSA) is 80.4 Å². The van der Waals surface area contributed by atoms with Crippen molar-refractivity contribution in [2.75, 3.05) is 17.2 Å². The summed E-state index contributed by atoms with van der Waals surface area (Å²) in [4.78, 5) is 28.7. The lowest BCUT2D eigenvalue weighted by Crippen LogP contribution is -2.42. The number of carbonyl (C=O) groups is 2. The summed E-state index contributed by atoms with van der Waals surface area (Å²) in [6.07, 6.45) is 1.57. The van der Waals surface area contributed by atoms with Crippen LogP contribution in [0.25, 0.3) is 5.69 Å². The van der Waals surface area contributed by atoms with Crippen molar-refractivity contribution in [3.63, 3.8) is 0 Å². The fraction of sp³-hybridized carbons (Fsp3) is 0.344. The highest BCUT2D eigenvalue weighted by atomic mass is 32.2. The molecule has 0 bridgehead atoms. The number of nitrogens with one attached hydrogen (secondary N) is 1. The number of furan rings is 1. The van der Waals surface area contributed by atoms with Crippen LogP contribution in [0.3, 0.4) is 0 Å². The number of carbonyl (C=O) groups excluding carboxylic acids is 2. The third kappa shape index (κ3) is 5.45. The van der Waals surface area contributed by atoms with Gasteiger partial charge in [-0.1, -0.05) is 62.7 Å². The number of fused-ring (bicyclic) bond motifs is 1. The van der Waals surface area contributed by atoms with Gasteiger partial charge in [-0.2, -0.15) is 5.10 Å². The second-order valence-corrected chi connectivity index (χ2v) is 12.5. The maximum absolute atomic E-state index is 13.9. The Morgan fingerprint density at radius 3 is 2.52 bits per heavy atom. The molecule has 1 aliphatic heterocycles. The van der Waals surface area contributed by atoms with Crippen LogP contribution in [0.4, 0.5) is 5.82 Å². The molecule has 7 nitrogen and oxygen atoms in total. The Morgan fingerprint density at radius 2 is 1.85 bits per heavy atom. The molecule has 40 heavy (non-hydrogen) atoms. The Morgan fingerprint density at radius 1 is 1.07 bits per heavy atom. The maximum atomic E-state index is 13.9. The Balaban J connectivity index is 1.71. The number of amides is 2. The molecular weight excluding hydrogens is 520 g/mol. The van der Waals surface area contributed by atoms with Gasteiger partial charge >= 0.3 is 0 Å². The third-order valence-electron chi connectivity index (χ3n) is 7.19. The lowest BCUT2D eigenvalue weighted by molar-refractivity contribution is -0.123. The SMILES string of the molecule is Cc1ccc(-n2nc(C(C)(C)C)c3c2N(CC(=O)NCc2ccco2)C(=O)CSC3c2ccccc2C)c(C)c1. The number of hydrogen-bond acceptors (Lipinski definition) is 5. The Bertz CT molecular complexity index is 1550. The van der Waals surface area contributed by atoms with Gasteiger partial charge in [0.2, 0.25) is 11.8 Å². The summed E-state index contributed by atoms with van der Waals surface area (Å²) in [5, 5.41) is 8.00. The minimum absolute atomic E-state index is 0.117. The van der Waals surface area contributed by atoms with Gasteiger partial charge in [0.1, 0.15) is 18.1 Å². The van der Waals surface area contributed by atoms with E-state index >= 15 is 0 Å². The Kier molecular flexibility index (Phi) is 7.64. The first kappa shape index (κ1) is 27.8. The Labute approximate surface area is 239 Å². The number of hydrogen-bond donors (Lipinski definition) is 1. The molecule has 0 fully saturated rings. The van der Waals surface area contributed by atoms with Gasteiger partial charge in [0.15, 0.2) is 0 Å². The predicted molar refractivity (Wildman–Crippen MR) is 160 cm³/mol. The average Bonchev–Trinajstić information content (AvgIpc) is 3.53. The fourth-order valence-corrected chi connectivity index (χ4v) is 6.50. The lowest BCUT2D eigenvalue weighted by atomic mass is 9.86. The molecule has 8 heteroatoms. The molecule has 1 aliphatic rings. The number of aromatic nitrogens is 2. The molecule has 4 aromatic rings. The first-order chi connectivity index (χ1) is 19.0. The molecule has 0 saturated carbocycles. The summed E-state index contributed by atoms with van der Waals surface area (Å²) >= 11 is 1.60. The summed E-state index contributed by atoms with van der Waals surface area (Å²) in [6.45, 7) is 12.8. The molecule has 2 aromatic carbocycles. The first-order valence-electron chi connectivity index (χ1n) is 13.5. The number of anilines is 1. The van der Waals surface area contributed by atoms with E-state index in [9.17, 15) is 9.59 Å². The molecule has 1 N–H and O–H groups in total. The molecule has 3 heterocycles. The van der Waals surface area contributed by atoms with Crippen molar-refractivity contribution < 1.29 is 14.0 Å². The Hall–Kier alpha value is -3.78. The highest BCUT2D eigenvalue weighted by molar-refractivity contribution is 8.00. The van der Waals surface area contributed by atoms with Gasteiger partial charge in [0, 0.05) is 11.0 Å². The highest BCUT2D eigenvalue weighted by Gasteiger charge is 2.40. The van der Waals surface area contributed by atoms with E-state index in [0.717, 1.165) is 39.2 Å². The zero-order chi connectivity index (χ0) is 28.6. The van der Waals surface area contributed by atoms with E-state index in [1.807, 2.05) is 28.9 Å². The molecule has 1 unspecified atom stereocenters. The zero-order valence-corrected chi connectivity index (χ0v) is 24.8. The van der Waals surface area contributed by atoms with Crippen molar-refractivity contribution in [1.29, 1.82) is 0 Å². The number of aryl methyl sites for hydroxylation is 3. The van der Waals surface area contributed by atoms with Crippen LogP contribution in [-0.4, -0.2) is 33.9 Å². The van der Waals surface area contributed by atoms with Gasteiger partial charge in [-0.15, -0.1) is 11.8 Å². The number of benzene rings is 2. The average molecular weight is 557 g/mol. The van der Waals surface area contributed by atoms with Gasteiger partial charge in [-0.3, -0.25) is 14.5 Å². The van der Waals surface area contributed by atoms with Crippen LogP contribution in [0.5, 0.6) is 0 Å². The molecule has 2 aromatic heterocycles. The second kappa shape index (κ2) is 11.0. The van der Waals surface area contributed by atoms with E-state index in [1.54, 1.807) is 29.0 Å². The van der Waals surface area contributed by atoms with Gasteiger partial charge in [-0.25, -0.2) is 4.68 Å². The highest BCUT2D eigenvalue weighted by Crippen LogP contribution is 2.49. The first-order valence-corrected chi connectivity index (χ1v) is 14.6. The molecule has 1 atom stereocenters. The molecule has 2 amide bonds. The predicted octanol–water partition coefficient (Wildman–Crippen LogP) is 6.17. The molecule has 208 valence electrons. The van der Waals surface area contributed by atoms with Gasteiger partial charge in [-0.05, 0) is 55.7 Å². The quantitative estimate of drug-likeness (QED) is 0.307. The standard InChI is InChI=1S/C32H36N4O3S/c1-20-13-14-25(22(3)16-20)36-31-28(30(34-36)32(4,5)6)29(24-12-8-7-10-21(24)2)40-19-27(38)35(31)18-26(37)33-17-23-11-9-15-39-23/h7-16,29H,17-19H2,1-6H3,(H,33,37). The van der Waals surface area contributed by atoms with Crippen LogP contribution >= 0.6 is 11.8 Å². The number of rotatable bonds is 6. The molecular formula is C32H36N4O3S. The minimum Gasteiger partial charge on any atom is -0.467 e. The number of thioether (sulfide) groups is 1. The van der Waals surface area contributed by atoms with Gasteiger partial charge in [0.05, 0.1) is 35.2 Å². The van der Waals surface area contributed by atoms with Crippen LogP contribution in [0.2, 0.25) is 0 Å². The van der Waals surface area contributed by atoms with Crippen molar-refractivity contribution in [2.24, 2.45) is 0 Å². The van der Waals surface area contributed by atoms with E-state index < -0.39 is 0 Å². The fourth-order valence-electron chi connectivity index (χ4n) is 5.21. The summed E-state index contributed by atoms with van der Waals surface area (Å²) in [6, 6.07) is 18.1. The van der Waals surface area contributed by atoms with Gasteiger partial charge in [0.25, 0.3) is 0 Å². The third-order valence-corrected chi connectivity index (χ3v) is 8.43. The minimum atomic E-state index is -0.309. The van der Waals surface area contributed by atoms with E-state index in [0.29, 0.717) is 11.6 Å². The van der Waals surface area contributed by atoms with E-state index in [4.69, 9.17) is 9.52 Å². The zero-order valence-electron chi connectivity index (χ0n) is 23.9. The largest absolute Gasteiger partial charge is 0.467 e. The summed E-state index contributed by atoms with van der Waals surface area (Å²) in [7, 11) is 0. The molecule has 0 spiro atoms. The van der Waals surface area contributed by atoms with E-state index in [-0.39, 0.29) is 41.3 Å². The van der Waals surface area contributed by atoms with E-state index in [1.165, 1.54) is 0 Å². The van der Waals surface area contributed by atoms with Crippen molar-refractivity contribution in [1.82, 2.24) is 15.1 Å². The monoisotopic (exact) mass is 556 g/mol. The second-order valence-electron chi connectivity index (χ2n) is 11.4. The van der Waals surface area contributed by atoms with Crippen LogP contribution < -0.4 is 10.2 Å². The van der Waals surface area contributed by atoms with Crippen molar-refractivity contribution >= 4 is 29.4 Å². The summed E-state index contributed by atoms with van der Waals surface area (Å²) in [5.41, 5.74) is 6.98. The summed E-state index contributed by atoms with van der Waals surface area (Å²) in [5.74, 6) is 1.17. The molecule has 0 radical (unpaired) electrons. The number of nitrogens with zero attached hydrogens (tertiary/aromatic N) is 3. The lowest BCUT2D eigenvalue weighted by Gasteiger charge is -2.25. The smallest absolute Gasteiger partial charge is 0.240 e. The van der Waals surface area contributed by atoms with Crippen molar-refractivity contribution in [2.45, 2.75) is 58.8 Å². The van der Waals surface area contributed by atoms with Crippen LogP contribution in [-0.2, 0) is 21.5 Å². The summed E-state index contributed by atoms with van der Waals surface area (Å²) < 4.78 is 7.26. The van der Waals surface area contributed by atoms with Crippen LogP contribution in [0, 0.1) is 20.8 Å².